The van der Waals surface area contributed by atoms with Crippen LogP contribution < -0.4 is 5.32 Å². The molecule has 126 valence electrons. The van der Waals surface area contributed by atoms with E-state index in [1.54, 1.807) is 12.1 Å². The van der Waals surface area contributed by atoms with Crippen molar-refractivity contribution in [1.29, 1.82) is 0 Å². The van der Waals surface area contributed by atoms with Crippen LogP contribution in [0.5, 0.6) is 0 Å². The van der Waals surface area contributed by atoms with Crippen LogP contribution in [0.15, 0.2) is 24.3 Å². The Morgan fingerprint density at radius 3 is 2.61 bits per heavy atom. The SMILES string of the molecule is CC(C)NC(=O)[C@H]1CN(C(=O)O)[C@@H](Cc2ccc(Cl)cc2)CO1. The Morgan fingerprint density at radius 2 is 2.04 bits per heavy atom. The van der Waals surface area contributed by atoms with Crippen molar-refractivity contribution in [2.75, 3.05) is 13.2 Å². The van der Waals surface area contributed by atoms with Crippen molar-refractivity contribution in [3.63, 3.8) is 0 Å². The maximum atomic E-state index is 12.0. The molecule has 0 saturated carbocycles. The molecule has 1 aromatic rings. The molecule has 23 heavy (non-hydrogen) atoms. The molecule has 7 heteroatoms. The van der Waals surface area contributed by atoms with Gasteiger partial charge in [-0.15, -0.1) is 0 Å². The van der Waals surface area contributed by atoms with Gasteiger partial charge in [0.1, 0.15) is 0 Å². The largest absolute Gasteiger partial charge is 0.465 e. The molecule has 1 saturated heterocycles. The summed E-state index contributed by atoms with van der Waals surface area (Å²) in [7, 11) is 0. The quantitative estimate of drug-likeness (QED) is 0.880. The van der Waals surface area contributed by atoms with Gasteiger partial charge in [-0.05, 0) is 38.0 Å². The van der Waals surface area contributed by atoms with E-state index in [-0.39, 0.29) is 31.1 Å². The van der Waals surface area contributed by atoms with E-state index in [1.165, 1.54) is 4.90 Å². The molecule has 1 heterocycles. The minimum atomic E-state index is -1.05. The van der Waals surface area contributed by atoms with E-state index in [2.05, 4.69) is 5.32 Å². The summed E-state index contributed by atoms with van der Waals surface area (Å²) in [5.41, 5.74) is 0.972. The van der Waals surface area contributed by atoms with E-state index in [0.29, 0.717) is 11.4 Å². The van der Waals surface area contributed by atoms with Crippen molar-refractivity contribution >= 4 is 23.6 Å². The fraction of sp³-hybridized carbons (Fsp3) is 0.500. The molecule has 1 fully saturated rings. The highest BCUT2D eigenvalue weighted by atomic mass is 35.5. The first kappa shape index (κ1) is 17.6. The van der Waals surface area contributed by atoms with Crippen LogP contribution in [0.2, 0.25) is 5.02 Å². The topological polar surface area (TPSA) is 78.9 Å². The maximum absolute atomic E-state index is 12.0. The third-order valence-electron chi connectivity index (χ3n) is 3.65. The van der Waals surface area contributed by atoms with Gasteiger partial charge in [-0.2, -0.15) is 0 Å². The summed E-state index contributed by atoms with van der Waals surface area (Å²) < 4.78 is 5.59. The lowest BCUT2D eigenvalue weighted by atomic mass is 10.0. The Balaban J connectivity index is 2.03. The number of rotatable bonds is 4. The molecule has 0 aliphatic carbocycles. The molecule has 0 aromatic heterocycles. The van der Waals surface area contributed by atoms with E-state index in [1.807, 2.05) is 26.0 Å². The Kier molecular flexibility index (Phi) is 5.85. The third-order valence-corrected chi connectivity index (χ3v) is 3.90. The van der Waals surface area contributed by atoms with Gasteiger partial charge in [0, 0.05) is 11.1 Å². The molecule has 2 N–H and O–H groups in total. The number of carbonyl (C=O) groups excluding carboxylic acids is 1. The van der Waals surface area contributed by atoms with Crippen molar-refractivity contribution in [2.45, 2.75) is 38.5 Å². The summed E-state index contributed by atoms with van der Waals surface area (Å²) in [6.07, 6.45) is -1.30. The van der Waals surface area contributed by atoms with Crippen LogP contribution in [0.3, 0.4) is 0 Å². The zero-order valence-corrected chi connectivity index (χ0v) is 13.9. The molecule has 0 unspecified atom stereocenters. The van der Waals surface area contributed by atoms with Gasteiger partial charge in [0.2, 0.25) is 0 Å². The number of carbonyl (C=O) groups is 2. The van der Waals surface area contributed by atoms with E-state index in [0.717, 1.165) is 5.56 Å². The minimum Gasteiger partial charge on any atom is -0.465 e. The van der Waals surface area contributed by atoms with Gasteiger partial charge in [-0.1, -0.05) is 23.7 Å². The van der Waals surface area contributed by atoms with Gasteiger partial charge < -0.3 is 15.2 Å². The first-order chi connectivity index (χ1) is 10.9. The molecule has 0 bridgehead atoms. The Labute approximate surface area is 140 Å². The van der Waals surface area contributed by atoms with Crippen LogP contribution >= 0.6 is 11.6 Å². The lowest BCUT2D eigenvalue weighted by Gasteiger charge is -2.37. The molecule has 6 nitrogen and oxygen atoms in total. The fourth-order valence-corrected chi connectivity index (χ4v) is 2.66. The number of halogens is 1. The number of amides is 2. The molecular formula is C16H21ClN2O4. The van der Waals surface area contributed by atoms with Crippen LogP contribution in [0.25, 0.3) is 0 Å². The number of carboxylic acid groups (broad SMARTS) is 1. The van der Waals surface area contributed by atoms with E-state index >= 15 is 0 Å². The summed E-state index contributed by atoms with van der Waals surface area (Å²) in [6, 6.07) is 6.92. The fourth-order valence-electron chi connectivity index (χ4n) is 2.53. The van der Waals surface area contributed by atoms with Crippen molar-refractivity contribution in [3.8, 4) is 0 Å². The molecule has 1 aromatic carbocycles. The van der Waals surface area contributed by atoms with Crippen molar-refractivity contribution in [2.24, 2.45) is 0 Å². The van der Waals surface area contributed by atoms with Crippen LogP contribution in [0, 0.1) is 0 Å². The number of benzene rings is 1. The van der Waals surface area contributed by atoms with Gasteiger partial charge in [0.05, 0.1) is 19.2 Å². The second-order valence-electron chi connectivity index (χ2n) is 5.90. The minimum absolute atomic E-state index is 0.0174. The average Bonchev–Trinajstić information content (AvgIpc) is 2.49. The van der Waals surface area contributed by atoms with Gasteiger partial charge in [-0.25, -0.2) is 4.79 Å². The number of nitrogens with one attached hydrogen (secondary N) is 1. The van der Waals surface area contributed by atoms with Gasteiger partial charge in [0.15, 0.2) is 6.10 Å². The van der Waals surface area contributed by atoms with Crippen molar-refractivity contribution in [1.82, 2.24) is 10.2 Å². The first-order valence-electron chi connectivity index (χ1n) is 7.52. The first-order valence-corrected chi connectivity index (χ1v) is 7.90. The normalized spacial score (nSPS) is 21.3. The molecule has 1 aliphatic rings. The smallest absolute Gasteiger partial charge is 0.407 e. The van der Waals surface area contributed by atoms with Crippen LogP contribution in [0.1, 0.15) is 19.4 Å². The second kappa shape index (κ2) is 7.66. The lowest BCUT2D eigenvalue weighted by molar-refractivity contribution is -0.141. The molecular weight excluding hydrogens is 320 g/mol. The number of ether oxygens (including phenoxy) is 1. The number of hydrogen-bond donors (Lipinski definition) is 2. The molecule has 2 amide bonds. The number of hydrogen-bond acceptors (Lipinski definition) is 3. The molecule has 0 radical (unpaired) electrons. The third kappa shape index (κ3) is 4.84. The van der Waals surface area contributed by atoms with E-state index in [9.17, 15) is 14.7 Å². The van der Waals surface area contributed by atoms with Gasteiger partial charge in [0.25, 0.3) is 5.91 Å². The van der Waals surface area contributed by atoms with Crippen LogP contribution in [-0.4, -0.2) is 53.3 Å². The lowest BCUT2D eigenvalue weighted by Crippen LogP contribution is -2.57. The summed E-state index contributed by atoms with van der Waals surface area (Å²) >= 11 is 5.86. The zero-order chi connectivity index (χ0) is 17.0. The Hall–Kier alpha value is -1.79. The number of nitrogens with zero attached hydrogens (tertiary/aromatic N) is 1. The molecule has 0 spiro atoms. The van der Waals surface area contributed by atoms with E-state index in [4.69, 9.17) is 16.3 Å². The van der Waals surface area contributed by atoms with E-state index < -0.39 is 12.2 Å². The second-order valence-corrected chi connectivity index (χ2v) is 6.34. The Morgan fingerprint density at radius 1 is 1.39 bits per heavy atom. The summed E-state index contributed by atoms with van der Waals surface area (Å²) in [6.45, 7) is 3.91. The molecule has 2 rings (SSSR count). The predicted octanol–water partition coefficient (Wildman–Crippen LogP) is 2.15. The van der Waals surface area contributed by atoms with Crippen molar-refractivity contribution < 1.29 is 19.4 Å². The van der Waals surface area contributed by atoms with Crippen LogP contribution in [0.4, 0.5) is 4.79 Å². The summed E-state index contributed by atoms with van der Waals surface area (Å²) in [5, 5.41) is 12.8. The van der Waals surface area contributed by atoms with Gasteiger partial charge in [-0.3, -0.25) is 9.69 Å². The summed E-state index contributed by atoms with van der Waals surface area (Å²) in [5.74, 6) is -0.281. The Bertz CT molecular complexity index is 562. The predicted molar refractivity (Wildman–Crippen MR) is 86.7 cm³/mol. The molecule has 1 aliphatic heterocycles. The van der Waals surface area contributed by atoms with Crippen LogP contribution in [-0.2, 0) is 16.0 Å². The molecule has 2 atom stereocenters. The number of morpholine rings is 1. The highest BCUT2D eigenvalue weighted by molar-refractivity contribution is 6.30. The van der Waals surface area contributed by atoms with Gasteiger partial charge >= 0.3 is 6.09 Å². The highest BCUT2D eigenvalue weighted by Crippen LogP contribution is 2.18. The van der Waals surface area contributed by atoms with Crippen molar-refractivity contribution in [3.05, 3.63) is 34.9 Å². The zero-order valence-electron chi connectivity index (χ0n) is 13.2. The summed E-state index contributed by atoms with van der Waals surface area (Å²) in [4.78, 5) is 24.8. The highest BCUT2D eigenvalue weighted by Gasteiger charge is 2.35. The standard InChI is InChI=1S/C16H21ClN2O4/c1-10(2)18-15(20)14-8-19(16(21)22)13(9-23-14)7-11-3-5-12(17)6-4-11/h3-6,10,13-14H,7-9H2,1-2H3,(H,18,20)(H,21,22)/t13-,14+/m0/s1. The maximum Gasteiger partial charge on any atom is 0.407 e. The monoisotopic (exact) mass is 340 g/mol. The average molecular weight is 341 g/mol.